The first kappa shape index (κ1) is 78.0. The predicted octanol–water partition coefficient (Wildman–Crippen LogP) is -17.1. The molecule has 42 atom stereocenters. The normalized spacial score (nSPS) is 53.0. The zero-order valence-electron chi connectivity index (χ0n) is 50.9. The van der Waals surface area contributed by atoms with Gasteiger partial charge in [0.15, 0.2) is 62.7 Å². The molecular weight excluding hydrogens is 1320 g/mol. The quantitative estimate of drug-likeness (QED) is 0.0448. The minimum Gasteiger partial charge on any atom is -0.457 e. The van der Waals surface area contributed by atoms with Gasteiger partial charge in [-0.25, -0.2) is 0 Å². The highest BCUT2D eigenvalue weighted by molar-refractivity contribution is 5.66. The molecule has 0 saturated carbocycles. The van der Waals surface area contributed by atoms with Gasteiger partial charge in [-0.1, -0.05) is 0 Å². The molecule has 0 aromatic carbocycles. The third kappa shape index (κ3) is 16.9. The molecule has 9 fully saturated rings. The van der Waals surface area contributed by atoms with Crippen molar-refractivity contribution in [3.05, 3.63) is 0 Å². The highest BCUT2D eigenvalue weighted by Crippen LogP contribution is 2.38. The maximum Gasteiger partial charge on any atom is 0.303 e. The Labute approximate surface area is 542 Å². The van der Waals surface area contributed by atoms with Gasteiger partial charge >= 0.3 is 5.97 Å². The Hall–Kier alpha value is -2.17. The second-order valence-electron chi connectivity index (χ2n) is 24.5. The van der Waals surface area contributed by atoms with Crippen LogP contribution in [0, 0.1) is 0 Å². The zero-order valence-corrected chi connectivity index (χ0v) is 50.9. The lowest BCUT2D eigenvalue weighted by atomic mass is 9.95. The number of hydrogen-bond acceptors (Lipinski definition) is 43. The van der Waals surface area contributed by atoms with Crippen molar-refractivity contribution < 1.29 is 213 Å². The van der Waals surface area contributed by atoms with E-state index in [1.54, 1.807) is 0 Å². The molecule has 558 valence electrons. The van der Waals surface area contributed by atoms with Crippen LogP contribution >= 0.6 is 0 Å². The molecule has 1 unspecified atom stereocenters. The molecule has 0 aromatic rings. The standard InChI is InChI=1S/C53H88O43/c1-11-21(60)26(65)34(73)48(85-11)95-44-38(77)40(86-12(2)56)17(4-55)88-53(44)96-43-24(63)15(59)7-81-52(43)84-10-20-42(29(68)36(75)50(91-20)92-39-16(3-54)87-45(78)31(70)28(39)67)94-51-37(76)30(69)41(19(90-51)9-83-47-33(72)23(62)14(58)6-80-47)93-49-35(74)27(66)25(64)18(89-49)8-82-46-32(71)22(61)13(57)5-79-46/h11,13-55,57-78H,3-10H2,1-2H3/t11-,13+,14+,15+,16+,17+,18+,19+,20+,21+,22-,23-,24-,25+,26+,27-,28+,29+,30+,31+,32+,33+,34-,35+,36+,37+,38-,39+,40-,41+,42+,43+,44+,45?,46+,47+,48-,49-,50-,51-,52+,53-/m0/s1. The summed E-state index contributed by atoms with van der Waals surface area (Å²) in [6.45, 7) is -4.58. The van der Waals surface area contributed by atoms with Gasteiger partial charge in [-0.2, -0.15) is 0 Å². The molecule has 9 heterocycles. The van der Waals surface area contributed by atoms with Gasteiger partial charge in [0, 0.05) is 6.92 Å². The Morgan fingerprint density at radius 2 is 0.656 bits per heavy atom. The van der Waals surface area contributed by atoms with Gasteiger partial charge in [0.05, 0.1) is 59.0 Å². The van der Waals surface area contributed by atoms with E-state index >= 15 is 0 Å². The van der Waals surface area contributed by atoms with Crippen LogP contribution in [-0.4, -0.2) is 439 Å². The topological polar surface area (TPSA) is 669 Å². The molecule has 9 aliphatic rings. The molecule has 24 N–H and O–H groups in total. The molecule has 43 heteroatoms. The lowest BCUT2D eigenvalue weighted by Crippen LogP contribution is -2.68. The minimum absolute atomic E-state index is 0.516. The van der Waals surface area contributed by atoms with E-state index in [4.69, 9.17) is 85.3 Å². The van der Waals surface area contributed by atoms with Crippen molar-refractivity contribution >= 4 is 5.97 Å². The van der Waals surface area contributed by atoms with Gasteiger partial charge < -0.3 is 208 Å². The van der Waals surface area contributed by atoms with Crippen LogP contribution in [0.5, 0.6) is 0 Å². The van der Waals surface area contributed by atoms with Crippen LogP contribution in [-0.2, 0) is 90.1 Å². The van der Waals surface area contributed by atoms with E-state index in [9.17, 15) is 127 Å². The highest BCUT2D eigenvalue weighted by atomic mass is 16.8. The SMILES string of the molecule is CC(=O)O[C@@H]1[C@H](O)[C@@H](O[C@@H]2O[C@@H](C)[C@@H](O)[C@@H](O)[C@@H]2O)[C@H](O[C@H]2[C@@H](OC[C@H]3O[C@@H](O[C@H]4[C@H](O)[C@@H](O)C(O)O[C@@H]4CO)[C@H](O)[C@@H](O)[C@@H]3O[C@@H]3O[C@H](CO[C@H]4OC[C@@H](O)[C@H](O)[C@H]4O)[C@@H](O[C@@H]4O[C@H](CO[C@H]5OC[C@@H](O)[C@H](O)[C@H]5O)[C@@H](O)[C@H](O)[C@H]4O)[C@H](O)[C@H]3O)OC[C@@H](O)[C@@H]2O)O[C@@H]1CO. The van der Waals surface area contributed by atoms with Crippen LogP contribution in [0.2, 0.25) is 0 Å². The highest BCUT2D eigenvalue weighted by Gasteiger charge is 2.59. The summed E-state index contributed by atoms with van der Waals surface area (Å²) in [4.78, 5) is 12.2. The molecule has 0 bridgehead atoms. The monoisotopic (exact) mass is 1410 g/mol. The Kier molecular flexibility index (Phi) is 27.2. The Bertz CT molecular complexity index is 2400. The van der Waals surface area contributed by atoms with Crippen LogP contribution in [0.4, 0.5) is 0 Å². The average Bonchev–Trinajstić information content (AvgIpc) is 0.779. The van der Waals surface area contributed by atoms with Gasteiger partial charge in [-0.05, 0) is 6.92 Å². The summed E-state index contributed by atoms with van der Waals surface area (Å²) in [5.74, 6) is -1.01. The minimum atomic E-state index is -2.44. The summed E-state index contributed by atoms with van der Waals surface area (Å²) in [6.07, 6.45) is -83.2. The van der Waals surface area contributed by atoms with Crippen LogP contribution in [0.3, 0.4) is 0 Å². The smallest absolute Gasteiger partial charge is 0.303 e. The molecule has 9 rings (SSSR count). The van der Waals surface area contributed by atoms with Crippen LogP contribution in [0.1, 0.15) is 13.8 Å². The number of aliphatic hydroxyl groups excluding tert-OH is 24. The largest absolute Gasteiger partial charge is 0.457 e. The summed E-state index contributed by atoms with van der Waals surface area (Å²) in [7, 11) is 0. The van der Waals surface area contributed by atoms with Gasteiger partial charge in [0.2, 0.25) is 0 Å². The van der Waals surface area contributed by atoms with Crippen LogP contribution in [0.25, 0.3) is 0 Å². The second kappa shape index (κ2) is 33.5. The third-order valence-corrected chi connectivity index (χ3v) is 17.8. The van der Waals surface area contributed by atoms with E-state index in [1.807, 2.05) is 0 Å². The van der Waals surface area contributed by atoms with Crippen molar-refractivity contribution in [1.82, 2.24) is 0 Å². The third-order valence-electron chi connectivity index (χ3n) is 17.8. The molecule has 0 amide bonds. The number of carbonyl (C=O) groups is 1. The zero-order chi connectivity index (χ0) is 70.2. The molecule has 9 aliphatic heterocycles. The molecule has 9 saturated heterocycles. The molecule has 43 nitrogen and oxygen atoms in total. The van der Waals surface area contributed by atoms with E-state index in [0.717, 1.165) is 6.92 Å². The van der Waals surface area contributed by atoms with Crippen molar-refractivity contribution in [2.75, 3.05) is 52.9 Å². The summed E-state index contributed by atoms with van der Waals surface area (Å²) in [6, 6.07) is 0. The van der Waals surface area contributed by atoms with Gasteiger partial charge in [-0.3, -0.25) is 4.79 Å². The van der Waals surface area contributed by atoms with E-state index in [-0.39, 0.29) is 0 Å². The number of rotatable bonds is 22. The van der Waals surface area contributed by atoms with E-state index in [0.29, 0.717) is 0 Å². The fraction of sp³-hybridized carbons (Fsp3) is 0.981. The summed E-state index contributed by atoms with van der Waals surface area (Å²) < 4.78 is 103. The lowest BCUT2D eigenvalue weighted by Gasteiger charge is -2.50. The lowest BCUT2D eigenvalue weighted by molar-refractivity contribution is -0.398. The van der Waals surface area contributed by atoms with Crippen molar-refractivity contribution in [2.45, 2.75) is 272 Å². The van der Waals surface area contributed by atoms with Crippen molar-refractivity contribution in [3.63, 3.8) is 0 Å². The van der Waals surface area contributed by atoms with Crippen LogP contribution < -0.4 is 0 Å². The van der Waals surface area contributed by atoms with E-state index < -0.39 is 317 Å². The van der Waals surface area contributed by atoms with Gasteiger partial charge in [0.1, 0.15) is 189 Å². The predicted molar refractivity (Wildman–Crippen MR) is 287 cm³/mol. The van der Waals surface area contributed by atoms with E-state index in [1.165, 1.54) is 6.92 Å². The molecular formula is C53H88O43. The Morgan fingerprint density at radius 1 is 0.312 bits per heavy atom. The van der Waals surface area contributed by atoms with Gasteiger partial charge in [0.25, 0.3) is 0 Å². The maximum atomic E-state index is 12.2. The van der Waals surface area contributed by atoms with Crippen molar-refractivity contribution in [3.8, 4) is 0 Å². The first-order valence-electron chi connectivity index (χ1n) is 30.6. The number of esters is 1. The molecule has 0 spiro atoms. The van der Waals surface area contributed by atoms with Crippen molar-refractivity contribution in [1.29, 1.82) is 0 Å². The maximum absolute atomic E-state index is 12.2. The summed E-state index contributed by atoms with van der Waals surface area (Å²) in [5, 5.41) is 261. The first-order valence-corrected chi connectivity index (χ1v) is 30.6. The van der Waals surface area contributed by atoms with Crippen molar-refractivity contribution in [2.24, 2.45) is 0 Å². The number of ether oxygens (including phenoxy) is 18. The van der Waals surface area contributed by atoms with Gasteiger partial charge in [-0.15, -0.1) is 0 Å². The number of carbonyl (C=O) groups excluding carboxylic acids is 1. The first-order chi connectivity index (χ1) is 45.4. The number of hydrogen-bond donors (Lipinski definition) is 24. The molecule has 0 radical (unpaired) electrons. The molecule has 96 heavy (non-hydrogen) atoms. The average molecular weight is 1410 g/mol. The number of aliphatic hydroxyl groups is 24. The van der Waals surface area contributed by atoms with Crippen LogP contribution in [0.15, 0.2) is 0 Å². The summed E-state index contributed by atoms with van der Waals surface area (Å²) in [5.41, 5.74) is 0. The molecule has 0 aliphatic carbocycles. The summed E-state index contributed by atoms with van der Waals surface area (Å²) >= 11 is 0. The fourth-order valence-electron chi connectivity index (χ4n) is 12.1. The molecule has 0 aromatic heterocycles. The second-order valence-corrected chi connectivity index (χ2v) is 24.5. The fourth-order valence-corrected chi connectivity index (χ4v) is 12.1. The Balaban J connectivity index is 0.994. The van der Waals surface area contributed by atoms with E-state index in [2.05, 4.69) is 0 Å². The Morgan fingerprint density at radius 3 is 1.15 bits per heavy atom.